The highest BCUT2D eigenvalue weighted by Gasteiger charge is 2.46. The standard InChI is InChI=1S/C38H49N11O8/c1-37(2,3)56-35(54)45-16-12-22(13-17-45)47-20-26(41-43-47)31(27-21-48(44-42-27)23-14-18-46(19-15-23)36(55)57-38(4,5)6)39-25-9-7-8-24-30(25)34(53)49(33(24)52)28-10-11-29(50)40-32(28)51/h7-9,20-23,28,31,39H,10-19H2,1-6H3,(H,40,50,51). The van der Waals surface area contributed by atoms with Crippen molar-refractivity contribution in [2.75, 3.05) is 31.5 Å². The Morgan fingerprint density at radius 2 is 1.26 bits per heavy atom. The van der Waals surface area contributed by atoms with Crippen molar-refractivity contribution in [1.82, 2.24) is 50.0 Å². The molecule has 2 N–H and O–H groups in total. The highest BCUT2D eigenvalue weighted by Crippen LogP contribution is 2.36. The summed E-state index contributed by atoms with van der Waals surface area (Å²) in [5.74, 6) is -2.44. The average molecular weight is 788 g/mol. The van der Waals surface area contributed by atoms with Gasteiger partial charge in [0.2, 0.25) is 11.8 Å². The van der Waals surface area contributed by atoms with Gasteiger partial charge in [-0.25, -0.2) is 19.0 Å². The molecule has 4 aliphatic rings. The molecule has 2 aromatic heterocycles. The summed E-state index contributed by atoms with van der Waals surface area (Å²) in [6.07, 6.45) is 5.41. The van der Waals surface area contributed by atoms with Gasteiger partial charge in [-0.2, -0.15) is 0 Å². The lowest BCUT2D eigenvalue weighted by molar-refractivity contribution is -0.136. The Balaban J connectivity index is 1.14. The van der Waals surface area contributed by atoms with E-state index in [1.165, 1.54) is 6.07 Å². The number of rotatable bonds is 7. The van der Waals surface area contributed by atoms with Gasteiger partial charge in [-0.15, -0.1) is 10.2 Å². The number of nitrogens with zero attached hydrogens (tertiary/aromatic N) is 9. The number of carbonyl (C=O) groups excluding carboxylic acids is 6. The van der Waals surface area contributed by atoms with E-state index in [0.717, 1.165) is 4.90 Å². The summed E-state index contributed by atoms with van der Waals surface area (Å²) in [6.45, 7) is 12.9. The second kappa shape index (κ2) is 15.2. The van der Waals surface area contributed by atoms with Crippen LogP contribution in [0.1, 0.15) is 130 Å². The molecule has 1 unspecified atom stereocenters. The summed E-state index contributed by atoms with van der Waals surface area (Å²) in [5.41, 5.74) is 0.244. The Kier molecular flexibility index (Phi) is 10.5. The van der Waals surface area contributed by atoms with Crippen LogP contribution in [0.4, 0.5) is 15.3 Å². The number of imide groups is 2. The molecule has 304 valence electrons. The normalized spacial score (nSPS) is 19.9. The highest BCUT2D eigenvalue weighted by molar-refractivity contribution is 6.25. The number of hydrogen-bond acceptors (Lipinski definition) is 13. The molecule has 0 bridgehead atoms. The van der Waals surface area contributed by atoms with Gasteiger partial charge in [-0.05, 0) is 85.8 Å². The van der Waals surface area contributed by atoms with Crippen molar-refractivity contribution in [2.45, 2.75) is 115 Å². The largest absolute Gasteiger partial charge is 0.444 e. The topological polar surface area (TPSA) is 216 Å². The third kappa shape index (κ3) is 8.46. The van der Waals surface area contributed by atoms with Crippen LogP contribution in [0.2, 0.25) is 0 Å². The molecule has 0 radical (unpaired) electrons. The average Bonchev–Trinajstić information content (AvgIpc) is 3.89. The zero-order chi connectivity index (χ0) is 40.8. The molecule has 19 nitrogen and oxygen atoms in total. The number of piperidine rings is 3. The first-order valence-corrected chi connectivity index (χ1v) is 19.4. The van der Waals surface area contributed by atoms with Crippen molar-refractivity contribution in [3.8, 4) is 0 Å². The second-order valence-corrected chi connectivity index (χ2v) is 16.9. The monoisotopic (exact) mass is 787 g/mol. The molecule has 3 fully saturated rings. The number of anilines is 1. The van der Waals surface area contributed by atoms with Gasteiger partial charge in [0, 0.05) is 38.3 Å². The number of amides is 6. The predicted octanol–water partition coefficient (Wildman–Crippen LogP) is 3.62. The van der Waals surface area contributed by atoms with E-state index in [1.54, 1.807) is 43.7 Å². The first-order valence-electron chi connectivity index (χ1n) is 19.4. The fourth-order valence-electron chi connectivity index (χ4n) is 7.57. The van der Waals surface area contributed by atoms with Crippen LogP contribution in [-0.2, 0) is 19.1 Å². The van der Waals surface area contributed by atoms with E-state index >= 15 is 0 Å². The van der Waals surface area contributed by atoms with Gasteiger partial charge < -0.3 is 24.6 Å². The summed E-state index contributed by atoms with van der Waals surface area (Å²) in [4.78, 5) is 81.9. The van der Waals surface area contributed by atoms with Crippen LogP contribution in [0.25, 0.3) is 0 Å². The van der Waals surface area contributed by atoms with E-state index in [-0.39, 0.29) is 48.2 Å². The minimum absolute atomic E-state index is 0.00235. The third-order valence-electron chi connectivity index (χ3n) is 10.4. The lowest BCUT2D eigenvalue weighted by atomic mass is 10.0. The lowest BCUT2D eigenvalue weighted by Crippen LogP contribution is -2.54. The van der Waals surface area contributed by atoms with Crippen molar-refractivity contribution in [3.63, 3.8) is 0 Å². The molecule has 6 amide bonds. The molecule has 0 saturated carbocycles. The minimum Gasteiger partial charge on any atom is -0.444 e. The van der Waals surface area contributed by atoms with Crippen LogP contribution in [0.15, 0.2) is 30.6 Å². The van der Waals surface area contributed by atoms with Crippen molar-refractivity contribution >= 4 is 41.5 Å². The van der Waals surface area contributed by atoms with E-state index in [1.807, 2.05) is 41.5 Å². The van der Waals surface area contributed by atoms with Gasteiger partial charge in [0.1, 0.15) is 34.7 Å². The van der Waals surface area contributed by atoms with Crippen LogP contribution < -0.4 is 10.6 Å². The van der Waals surface area contributed by atoms with E-state index < -0.39 is 46.9 Å². The molecular formula is C38H49N11O8. The van der Waals surface area contributed by atoms with Gasteiger partial charge in [-0.3, -0.25) is 29.4 Å². The van der Waals surface area contributed by atoms with Crippen LogP contribution in [0.5, 0.6) is 0 Å². The summed E-state index contributed by atoms with van der Waals surface area (Å²) >= 11 is 0. The fraction of sp³-hybridized carbons (Fsp3) is 0.579. The number of likely N-dealkylation sites (tertiary alicyclic amines) is 2. The maximum atomic E-state index is 14.0. The highest BCUT2D eigenvalue weighted by atomic mass is 16.6. The van der Waals surface area contributed by atoms with Gasteiger partial charge in [0.15, 0.2) is 0 Å². The molecule has 57 heavy (non-hydrogen) atoms. The molecule has 19 heteroatoms. The molecule has 7 rings (SSSR count). The van der Waals surface area contributed by atoms with E-state index in [0.29, 0.717) is 68.9 Å². The number of benzene rings is 1. The third-order valence-corrected chi connectivity index (χ3v) is 10.4. The van der Waals surface area contributed by atoms with E-state index in [9.17, 15) is 28.8 Å². The summed E-state index contributed by atoms with van der Waals surface area (Å²) in [5, 5.41) is 23.7. The van der Waals surface area contributed by atoms with Crippen LogP contribution in [0.3, 0.4) is 0 Å². The molecule has 3 saturated heterocycles. The number of nitrogens with one attached hydrogen (secondary N) is 2. The molecule has 3 aromatic rings. The number of carbonyl (C=O) groups is 6. The Bertz CT molecular complexity index is 1980. The first kappa shape index (κ1) is 39.4. The molecular weight excluding hydrogens is 738 g/mol. The van der Waals surface area contributed by atoms with Crippen molar-refractivity contribution in [3.05, 3.63) is 53.1 Å². The Morgan fingerprint density at radius 1 is 0.754 bits per heavy atom. The fourth-order valence-corrected chi connectivity index (χ4v) is 7.57. The summed E-state index contributed by atoms with van der Waals surface area (Å²) in [7, 11) is 0. The predicted molar refractivity (Wildman–Crippen MR) is 201 cm³/mol. The quantitative estimate of drug-likeness (QED) is 0.328. The number of hydrogen-bond donors (Lipinski definition) is 2. The van der Waals surface area contributed by atoms with E-state index in [2.05, 4.69) is 31.3 Å². The minimum atomic E-state index is -1.12. The molecule has 1 aromatic carbocycles. The Labute approximate surface area is 329 Å². The van der Waals surface area contributed by atoms with E-state index in [4.69, 9.17) is 9.47 Å². The van der Waals surface area contributed by atoms with Gasteiger partial charge in [0.05, 0.1) is 35.6 Å². The molecule has 0 aliphatic carbocycles. The SMILES string of the molecule is CC(C)(C)OC(=O)N1CCC(n2cc(C(Nc3cccc4c3C(=O)N(C3CCC(=O)NC3=O)C4=O)c3cn(C4CCN(C(=O)OC(C)(C)C)CC4)nn3)nn2)CC1. The van der Waals surface area contributed by atoms with Crippen molar-refractivity contribution in [2.24, 2.45) is 0 Å². The lowest BCUT2D eigenvalue weighted by Gasteiger charge is -2.33. The van der Waals surface area contributed by atoms with Crippen molar-refractivity contribution in [1.29, 1.82) is 0 Å². The van der Waals surface area contributed by atoms with Crippen LogP contribution >= 0.6 is 0 Å². The zero-order valence-corrected chi connectivity index (χ0v) is 33.1. The number of fused-ring (bicyclic) bond motifs is 1. The molecule has 4 aliphatic heterocycles. The van der Waals surface area contributed by atoms with Gasteiger partial charge >= 0.3 is 12.2 Å². The molecule has 6 heterocycles. The second-order valence-electron chi connectivity index (χ2n) is 16.9. The van der Waals surface area contributed by atoms with Gasteiger partial charge in [0.25, 0.3) is 11.8 Å². The molecule has 1 atom stereocenters. The first-order chi connectivity index (χ1) is 27.0. The zero-order valence-electron chi connectivity index (χ0n) is 33.1. The number of ether oxygens (including phenoxy) is 2. The Morgan fingerprint density at radius 3 is 1.74 bits per heavy atom. The van der Waals surface area contributed by atoms with Crippen molar-refractivity contribution < 1.29 is 38.2 Å². The smallest absolute Gasteiger partial charge is 0.410 e. The summed E-state index contributed by atoms with van der Waals surface area (Å²) in [6, 6.07) is 2.80. The van der Waals surface area contributed by atoms with Crippen LogP contribution in [-0.4, -0.2) is 124 Å². The molecule has 0 spiro atoms. The van der Waals surface area contributed by atoms with Gasteiger partial charge in [-0.1, -0.05) is 16.5 Å². The maximum absolute atomic E-state index is 14.0. The maximum Gasteiger partial charge on any atom is 0.410 e. The van der Waals surface area contributed by atoms with Crippen LogP contribution in [0, 0.1) is 0 Å². The Hall–Kier alpha value is -5.88. The summed E-state index contributed by atoms with van der Waals surface area (Å²) < 4.78 is 14.7. The number of aromatic nitrogens is 6.